The summed E-state index contributed by atoms with van der Waals surface area (Å²) in [5.41, 5.74) is 7.10. The predicted molar refractivity (Wildman–Crippen MR) is 67.2 cm³/mol. The van der Waals surface area contributed by atoms with Crippen molar-refractivity contribution in [1.29, 1.82) is 0 Å². The van der Waals surface area contributed by atoms with Gasteiger partial charge in [0.1, 0.15) is 0 Å². The maximum absolute atomic E-state index is 6.04. The number of hydrogen-bond donors (Lipinski definition) is 1. The molecular weight excluding hydrogens is 277 g/mol. The standard InChI is InChI=1S/C11H15BrClNO/c1-15-4-2-3-11(14)8-5-9(12)7-10(13)6-8/h5-7,11H,2-4,14H2,1H3. The summed E-state index contributed by atoms with van der Waals surface area (Å²) in [5.74, 6) is 0. The Labute approximate surface area is 104 Å². The van der Waals surface area contributed by atoms with E-state index in [0.29, 0.717) is 5.02 Å². The summed E-state index contributed by atoms with van der Waals surface area (Å²) in [4.78, 5) is 0. The van der Waals surface area contributed by atoms with Crippen LogP contribution in [-0.4, -0.2) is 13.7 Å². The van der Waals surface area contributed by atoms with E-state index in [-0.39, 0.29) is 6.04 Å². The Morgan fingerprint density at radius 2 is 2.20 bits per heavy atom. The minimum atomic E-state index is 0.0233. The van der Waals surface area contributed by atoms with Crippen molar-refractivity contribution in [3.05, 3.63) is 33.3 Å². The van der Waals surface area contributed by atoms with Crippen LogP contribution in [0.1, 0.15) is 24.4 Å². The van der Waals surface area contributed by atoms with Gasteiger partial charge >= 0.3 is 0 Å². The van der Waals surface area contributed by atoms with Gasteiger partial charge in [0.2, 0.25) is 0 Å². The van der Waals surface area contributed by atoms with Gasteiger partial charge in [0.05, 0.1) is 0 Å². The molecule has 0 heterocycles. The number of ether oxygens (including phenoxy) is 1. The van der Waals surface area contributed by atoms with E-state index >= 15 is 0 Å². The van der Waals surface area contributed by atoms with Crippen LogP contribution in [0, 0.1) is 0 Å². The van der Waals surface area contributed by atoms with Gasteiger partial charge in [0, 0.05) is 29.3 Å². The largest absolute Gasteiger partial charge is 0.385 e. The summed E-state index contributed by atoms with van der Waals surface area (Å²) in [6, 6.07) is 5.79. The maximum Gasteiger partial charge on any atom is 0.0462 e. The fourth-order valence-electron chi connectivity index (χ4n) is 1.40. The second-order valence-electron chi connectivity index (χ2n) is 3.44. The molecule has 1 unspecified atom stereocenters. The Morgan fingerprint density at radius 3 is 2.80 bits per heavy atom. The topological polar surface area (TPSA) is 35.2 Å². The van der Waals surface area contributed by atoms with Crippen LogP contribution in [0.2, 0.25) is 5.02 Å². The first kappa shape index (κ1) is 13.0. The van der Waals surface area contributed by atoms with Crippen LogP contribution in [0.15, 0.2) is 22.7 Å². The van der Waals surface area contributed by atoms with Crippen molar-refractivity contribution in [1.82, 2.24) is 0 Å². The second-order valence-corrected chi connectivity index (χ2v) is 4.80. The summed E-state index contributed by atoms with van der Waals surface area (Å²) >= 11 is 9.34. The van der Waals surface area contributed by atoms with Crippen LogP contribution in [0.25, 0.3) is 0 Å². The summed E-state index contributed by atoms with van der Waals surface area (Å²) in [5, 5.41) is 0.710. The SMILES string of the molecule is COCCCC(N)c1cc(Cl)cc(Br)c1. The monoisotopic (exact) mass is 291 g/mol. The van der Waals surface area contributed by atoms with Crippen LogP contribution < -0.4 is 5.73 Å². The minimum absolute atomic E-state index is 0.0233. The molecule has 0 spiro atoms. The zero-order chi connectivity index (χ0) is 11.3. The fourth-order valence-corrected chi connectivity index (χ4v) is 2.29. The van der Waals surface area contributed by atoms with Gasteiger partial charge in [-0.15, -0.1) is 0 Å². The van der Waals surface area contributed by atoms with Crippen LogP contribution >= 0.6 is 27.5 Å². The number of rotatable bonds is 5. The molecule has 1 atom stereocenters. The van der Waals surface area contributed by atoms with E-state index in [1.807, 2.05) is 18.2 Å². The summed E-state index contributed by atoms with van der Waals surface area (Å²) < 4.78 is 5.95. The molecule has 0 saturated carbocycles. The Bertz CT molecular complexity index is 299. The van der Waals surface area contributed by atoms with Gasteiger partial charge in [-0.1, -0.05) is 27.5 Å². The molecule has 2 nitrogen and oxygen atoms in total. The summed E-state index contributed by atoms with van der Waals surface area (Å²) in [7, 11) is 1.70. The number of nitrogens with two attached hydrogens (primary N) is 1. The minimum Gasteiger partial charge on any atom is -0.385 e. The summed E-state index contributed by atoms with van der Waals surface area (Å²) in [6.45, 7) is 0.745. The van der Waals surface area contributed by atoms with E-state index in [4.69, 9.17) is 22.1 Å². The van der Waals surface area contributed by atoms with Crippen molar-refractivity contribution < 1.29 is 4.74 Å². The van der Waals surface area contributed by atoms with Crippen molar-refractivity contribution in [2.24, 2.45) is 5.73 Å². The normalized spacial score (nSPS) is 12.8. The third-order valence-corrected chi connectivity index (χ3v) is 2.85. The molecule has 0 saturated heterocycles. The Balaban J connectivity index is 2.60. The highest BCUT2D eigenvalue weighted by atomic mass is 79.9. The van der Waals surface area contributed by atoms with E-state index < -0.39 is 0 Å². The molecule has 1 aromatic carbocycles. The van der Waals surface area contributed by atoms with Crippen LogP contribution in [-0.2, 0) is 4.74 Å². The molecular formula is C11H15BrClNO. The molecule has 2 N–H and O–H groups in total. The maximum atomic E-state index is 6.04. The Morgan fingerprint density at radius 1 is 1.47 bits per heavy atom. The van der Waals surface area contributed by atoms with Crippen molar-refractivity contribution in [2.75, 3.05) is 13.7 Å². The zero-order valence-electron chi connectivity index (χ0n) is 8.67. The van der Waals surface area contributed by atoms with Crippen LogP contribution in [0.3, 0.4) is 0 Å². The van der Waals surface area contributed by atoms with Crippen molar-refractivity contribution in [3.63, 3.8) is 0 Å². The lowest BCUT2D eigenvalue weighted by Gasteiger charge is -2.12. The van der Waals surface area contributed by atoms with Gasteiger partial charge < -0.3 is 10.5 Å². The molecule has 0 bridgehead atoms. The number of hydrogen-bond acceptors (Lipinski definition) is 2. The second kappa shape index (κ2) is 6.48. The highest BCUT2D eigenvalue weighted by Crippen LogP contribution is 2.24. The van der Waals surface area contributed by atoms with Crippen LogP contribution in [0.4, 0.5) is 0 Å². The fraction of sp³-hybridized carbons (Fsp3) is 0.455. The molecule has 15 heavy (non-hydrogen) atoms. The average Bonchev–Trinajstić information content (AvgIpc) is 2.16. The highest BCUT2D eigenvalue weighted by molar-refractivity contribution is 9.10. The molecule has 0 fully saturated rings. The quantitative estimate of drug-likeness (QED) is 0.843. The van der Waals surface area contributed by atoms with Gasteiger partial charge in [-0.25, -0.2) is 0 Å². The molecule has 84 valence electrons. The van der Waals surface area contributed by atoms with Gasteiger partial charge in [0.25, 0.3) is 0 Å². The molecule has 0 aliphatic carbocycles. The van der Waals surface area contributed by atoms with E-state index in [2.05, 4.69) is 15.9 Å². The van der Waals surface area contributed by atoms with Gasteiger partial charge in [0.15, 0.2) is 0 Å². The Hall–Kier alpha value is -0.0900. The molecule has 1 aromatic rings. The summed E-state index contributed by atoms with van der Waals surface area (Å²) in [6.07, 6.45) is 1.86. The lowest BCUT2D eigenvalue weighted by atomic mass is 10.0. The first-order valence-corrected chi connectivity index (χ1v) is 6.01. The van der Waals surface area contributed by atoms with Gasteiger partial charge in [-0.2, -0.15) is 0 Å². The first-order valence-electron chi connectivity index (χ1n) is 4.84. The molecule has 0 aliphatic heterocycles. The third-order valence-electron chi connectivity index (χ3n) is 2.18. The first-order chi connectivity index (χ1) is 7.13. The average molecular weight is 293 g/mol. The van der Waals surface area contributed by atoms with Crippen molar-refractivity contribution in [3.8, 4) is 0 Å². The molecule has 0 aliphatic rings. The number of methoxy groups -OCH3 is 1. The third kappa shape index (κ3) is 4.51. The number of benzene rings is 1. The van der Waals surface area contributed by atoms with Gasteiger partial charge in [-0.3, -0.25) is 0 Å². The smallest absolute Gasteiger partial charge is 0.0462 e. The zero-order valence-corrected chi connectivity index (χ0v) is 11.0. The van der Waals surface area contributed by atoms with Gasteiger partial charge in [-0.05, 0) is 36.6 Å². The van der Waals surface area contributed by atoms with E-state index in [9.17, 15) is 0 Å². The number of halogens is 2. The molecule has 1 rings (SSSR count). The van der Waals surface area contributed by atoms with Crippen molar-refractivity contribution in [2.45, 2.75) is 18.9 Å². The van der Waals surface area contributed by atoms with E-state index in [1.54, 1.807) is 7.11 Å². The van der Waals surface area contributed by atoms with Crippen LogP contribution in [0.5, 0.6) is 0 Å². The van der Waals surface area contributed by atoms with Crippen molar-refractivity contribution >= 4 is 27.5 Å². The lowest BCUT2D eigenvalue weighted by molar-refractivity contribution is 0.190. The highest BCUT2D eigenvalue weighted by Gasteiger charge is 2.07. The molecule has 0 aromatic heterocycles. The van der Waals surface area contributed by atoms with E-state index in [0.717, 1.165) is 29.5 Å². The lowest BCUT2D eigenvalue weighted by Crippen LogP contribution is -2.11. The molecule has 0 amide bonds. The predicted octanol–water partition coefficient (Wildman–Crippen LogP) is 3.53. The van der Waals surface area contributed by atoms with E-state index in [1.165, 1.54) is 0 Å². The molecule has 0 radical (unpaired) electrons. The Kier molecular flexibility index (Phi) is 5.61. The molecule has 4 heteroatoms.